The van der Waals surface area contributed by atoms with Crippen molar-refractivity contribution in [2.45, 2.75) is 12.1 Å². The van der Waals surface area contributed by atoms with Crippen LogP contribution in [0.5, 0.6) is 0 Å². The Labute approximate surface area is 147 Å². The molecule has 2 unspecified atom stereocenters. The van der Waals surface area contributed by atoms with Crippen LogP contribution in [0.25, 0.3) is 10.6 Å². The lowest BCUT2D eigenvalue weighted by Crippen LogP contribution is -2.30. The zero-order valence-electron chi connectivity index (χ0n) is 12.9. The summed E-state index contributed by atoms with van der Waals surface area (Å²) in [5, 5.41) is 3.36. The van der Waals surface area contributed by atoms with Crippen molar-refractivity contribution >= 4 is 28.9 Å². The first-order valence-electron chi connectivity index (χ1n) is 7.59. The number of rotatable bonds is 3. The second-order valence-corrected chi connectivity index (χ2v) is 7.05. The minimum Gasteiger partial charge on any atom is -0.356 e. The fourth-order valence-corrected chi connectivity index (χ4v) is 3.79. The molecule has 1 N–H and O–H groups in total. The number of alkyl halides is 5. The Morgan fingerprint density at radius 3 is 2.54 bits per heavy atom. The number of nitrogens with zero attached hydrogens (tertiary/aromatic N) is 3. The fraction of sp³-hybridized carbons (Fsp3) is 0.400. The lowest BCUT2D eigenvalue weighted by Gasteiger charge is -2.20. The Morgan fingerprint density at radius 2 is 1.96 bits per heavy atom. The van der Waals surface area contributed by atoms with Crippen molar-refractivity contribution in [3.8, 4) is 10.6 Å². The molecule has 2 aliphatic rings. The van der Waals surface area contributed by atoms with E-state index in [0.717, 1.165) is 11.3 Å². The van der Waals surface area contributed by atoms with Gasteiger partial charge < -0.3 is 10.2 Å². The third kappa shape index (κ3) is 2.89. The van der Waals surface area contributed by atoms with Gasteiger partial charge in [-0.1, -0.05) is 0 Å². The molecule has 2 aromatic heterocycles. The van der Waals surface area contributed by atoms with Crippen LogP contribution in [0, 0.1) is 11.8 Å². The standard InChI is InChI=1S/C15H11F5N4OS/c16-14(17)8-4-24(5-9(8)14)11-2-1-7(3-21-11)12-22-10(6-26-12)23-13(25)15(18,19)20/h1-3,6,8-9H,4-5H2,(H,23,25). The van der Waals surface area contributed by atoms with E-state index in [9.17, 15) is 26.7 Å². The van der Waals surface area contributed by atoms with Crippen molar-refractivity contribution in [1.82, 2.24) is 9.97 Å². The summed E-state index contributed by atoms with van der Waals surface area (Å²) in [7, 11) is 0. The monoisotopic (exact) mass is 390 g/mol. The van der Waals surface area contributed by atoms with Gasteiger partial charge in [0, 0.05) is 30.2 Å². The summed E-state index contributed by atoms with van der Waals surface area (Å²) in [6.07, 6.45) is -3.51. The molecule has 2 fully saturated rings. The number of thiazole rings is 1. The minimum atomic E-state index is -4.99. The summed E-state index contributed by atoms with van der Waals surface area (Å²) in [5.41, 5.74) is 0.556. The number of piperidine rings is 1. The van der Waals surface area contributed by atoms with Gasteiger partial charge in [0.1, 0.15) is 16.6 Å². The van der Waals surface area contributed by atoms with Gasteiger partial charge in [-0.05, 0) is 12.1 Å². The molecule has 26 heavy (non-hydrogen) atoms. The van der Waals surface area contributed by atoms with Crippen molar-refractivity contribution in [3.05, 3.63) is 23.7 Å². The number of fused-ring (bicyclic) bond motifs is 1. The lowest BCUT2D eigenvalue weighted by atomic mass is 10.3. The van der Waals surface area contributed by atoms with Gasteiger partial charge in [-0.25, -0.2) is 18.7 Å². The zero-order chi connectivity index (χ0) is 18.7. The summed E-state index contributed by atoms with van der Waals surface area (Å²) in [5.74, 6) is -5.50. The minimum absolute atomic E-state index is 0.196. The van der Waals surface area contributed by atoms with Crippen LogP contribution in [0.3, 0.4) is 0 Å². The Hall–Kier alpha value is -2.30. The molecule has 1 amide bonds. The zero-order valence-corrected chi connectivity index (χ0v) is 13.7. The highest BCUT2D eigenvalue weighted by Crippen LogP contribution is 2.59. The van der Waals surface area contributed by atoms with Gasteiger partial charge in [0.15, 0.2) is 0 Å². The van der Waals surface area contributed by atoms with Crippen LogP contribution < -0.4 is 10.2 Å². The molecule has 0 spiro atoms. The lowest BCUT2D eigenvalue weighted by molar-refractivity contribution is -0.167. The molecule has 4 rings (SSSR count). The molecule has 3 heterocycles. The number of pyridine rings is 1. The van der Waals surface area contributed by atoms with E-state index in [4.69, 9.17) is 0 Å². The van der Waals surface area contributed by atoms with Crippen LogP contribution in [0.2, 0.25) is 0 Å². The van der Waals surface area contributed by atoms with Crippen LogP contribution in [0.1, 0.15) is 0 Å². The fourth-order valence-electron chi connectivity index (χ4n) is 3.05. The van der Waals surface area contributed by atoms with Crippen LogP contribution >= 0.6 is 11.3 Å². The van der Waals surface area contributed by atoms with Crippen molar-refractivity contribution in [2.24, 2.45) is 11.8 Å². The van der Waals surface area contributed by atoms with Crippen molar-refractivity contribution in [1.29, 1.82) is 0 Å². The Balaban J connectivity index is 1.43. The van der Waals surface area contributed by atoms with E-state index in [1.807, 2.05) is 0 Å². The van der Waals surface area contributed by atoms with Gasteiger partial charge in [-0.3, -0.25) is 4.79 Å². The number of nitrogens with one attached hydrogen (secondary N) is 1. The summed E-state index contributed by atoms with van der Waals surface area (Å²) < 4.78 is 63.2. The maximum Gasteiger partial charge on any atom is 0.471 e. The van der Waals surface area contributed by atoms with Crippen LogP contribution in [0.15, 0.2) is 23.7 Å². The molecular weight excluding hydrogens is 379 g/mol. The van der Waals surface area contributed by atoms with Crippen LogP contribution in [0.4, 0.5) is 33.6 Å². The summed E-state index contributed by atoms with van der Waals surface area (Å²) in [6, 6.07) is 3.33. The molecule has 1 saturated carbocycles. The molecule has 0 aromatic carbocycles. The topological polar surface area (TPSA) is 58.1 Å². The van der Waals surface area contributed by atoms with Crippen molar-refractivity contribution in [3.63, 3.8) is 0 Å². The van der Waals surface area contributed by atoms with Crippen LogP contribution in [-0.2, 0) is 4.79 Å². The van der Waals surface area contributed by atoms with Gasteiger partial charge in [-0.15, -0.1) is 11.3 Å². The number of anilines is 2. The maximum absolute atomic E-state index is 13.2. The Kier molecular flexibility index (Phi) is 3.69. The summed E-state index contributed by atoms with van der Waals surface area (Å²) in [4.78, 5) is 20.9. The highest BCUT2D eigenvalue weighted by molar-refractivity contribution is 7.13. The Bertz CT molecular complexity index is 836. The van der Waals surface area contributed by atoms with E-state index < -0.39 is 29.8 Å². The number of aromatic nitrogens is 2. The number of carbonyl (C=O) groups is 1. The van der Waals surface area contributed by atoms with Gasteiger partial charge in [0.25, 0.3) is 5.92 Å². The number of halogens is 5. The third-order valence-electron chi connectivity index (χ3n) is 4.52. The smallest absolute Gasteiger partial charge is 0.356 e. The van der Waals surface area contributed by atoms with E-state index in [2.05, 4.69) is 9.97 Å². The number of hydrogen-bond donors (Lipinski definition) is 1. The van der Waals surface area contributed by atoms with Gasteiger partial charge >= 0.3 is 12.1 Å². The van der Waals surface area contributed by atoms with E-state index in [1.165, 1.54) is 11.6 Å². The van der Waals surface area contributed by atoms with Crippen LogP contribution in [-0.4, -0.2) is 41.1 Å². The molecule has 11 heteroatoms. The molecule has 0 bridgehead atoms. The summed E-state index contributed by atoms with van der Waals surface area (Å²) in [6.45, 7) is 0.518. The van der Waals surface area contributed by atoms with Crippen molar-refractivity contribution in [2.75, 3.05) is 23.3 Å². The summed E-state index contributed by atoms with van der Waals surface area (Å²) >= 11 is 1.05. The first-order chi connectivity index (χ1) is 12.2. The second kappa shape index (κ2) is 5.60. The normalized spacial score (nSPS) is 23.7. The molecule has 1 saturated heterocycles. The molecular formula is C15H11F5N4OS. The highest BCUT2D eigenvalue weighted by Gasteiger charge is 2.71. The largest absolute Gasteiger partial charge is 0.471 e. The van der Waals surface area contributed by atoms with Gasteiger partial charge in [0.2, 0.25) is 0 Å². The van der Waals surface area contributed by atoms with E-state index in [-0.39, 0.29) is 18.9 Å². The number of carbonyl (C=O) groups excluding carboxylic acids is 1. The predicted molar refractivity (Wildman–Crippen MR) is 84.2 cm³/mol. The van der Waals surface area contributed by atoms with Gasteiger partial charge in [-0.2, -0.15) is 13.2 Å². The predicted octanol–water partition coefficient (Wildman–Crippen LogP) is 3.41. The first-order valence-corrected chi connectivity index (χ1v) is 8.47. The highest BCUT2D eigenvalue weighted by atomic mass is 32.1. The Morgan fingerprint density at radius 1 is 1.27 bits per heavy atom. The average Bonchev–Trinajstić information content (AvgIpc) is 3.03. The van der Waals surface area contributed by atoms with E-state index >= 15 is 0 Å². The quantitative estimate of drug-likeness (QED) is 0.817. The number of hydrogen-bond acceptors (Lipinski definition) is 5. The number of amides is 1. The van der Waals surface area contributed by atoms with E-state index in [0.29, 0.717) is 16.4 Å². The molecule has 2 aromatic rings. The molecule has 138 valence electrons. The first kappa shape index (κ1) is 17.1. The van der Waals surface area contributed by atoms with E-state index in [1.54, 1.807) is 22.3 Å². The molecule has 0 radical (unpaired) electrons. The third-order valence-corrected chi connectivity index (χ3v) is 5.41. The molecule has 1 aliphatic heterocycles. The molecule has 1 aliphatic carbocycles. The van der Waals surface area contributed by atoms with Crippen molar-refractivity contribution < 1.29 is 26.7 Å². The maximum atomic E-state index is 13.2. The SMILES string of the molecule is O=C(Nc1csc(-c2ccc(N3CC4C(C3)C4(F)F)nc2)n1)C(F)(F)F. The molecule has 5 nitrogen and oxygen atoms in total. The second-order valence-electron chi connectivity index (χ2n) is 6.19. The molecule has 2 atom stereocenters. The average molecular weight is 390 g/mol. The van der Waals surface area contributed by atoms with Gasteiger partial charge in [0.05, 0.1) is 11.8 Å².